The maximum atomic E-state index is 14.0. The molecule has 0 saturated carbocycles. The van der Waals surface area contributed by atoms with Gasteiger partial charge in [-0.15, -0.1) is 0 Å². The van der Waals surface area contributed by atoms with Crippen LogP contribution in [0.2, 0.25) is 0 Å². The fourth-order valence-electron chi connectivity index (χ4n) is 1.95. The normalized spacial score (nSPS) is 10.5. The first kappa shape index (κ1) is 16.4. The Morgan fingerprint density at radius 2 is 1.50 bits per heavy atom. The minimum absolute atomic E-state index is 0.140. The standard InChI is InChI=1S/C13H12B2F2O5/c16-11-6-5-10(15(20)21)12(17)13(11)22-7-8-3-1-2-4-9(8)14(18)19/h1-6,18-21H,7H2. The maximum Gasteiger partial charge on any atom is 0.491 e. The highest BCUT2D eigenvalue weighted by Crippen LogP contribution is 2.21. The van der Waals surface area contributed by atoms with Gasteiger partial charge >= 0.3 is 14.2 Å². The van der Waals surface area contributed by atoms with Crippen LogP contribution in [0.25, 0.3) is 0 Å². The van der Waals surface area contributed by atoms with Gasteiger partial charge in [-0.2, -0.15) is 0 Å². The van der Waals surface area contributed by atoms with Crippen molar-refractivity contribution in [2.75, 3.05) is 0 Å². The highest BCUT2D eigenvalue weighted by molar-refractivity contribution is 6.59. The molecule has 0 heterocycles. The molecule has 0 saturated heterocycles. The SMILES string of the molecule is OB(O)c1ccccc1COc1c(F)ccc(B(O)O)c1F. The molecule has 0 bridgehead atoms. The van der Waals surface area contributed by atoms with Crippen molar-refractivity contribution < 1.29 is 33.6 Å². The van der Waals surface area contributed by atoms with Crippen LogP contribution in [0.4, 0.5) is 8.78 Å². The Morgan fingerprint density at radius 3 is 2.14 bits per heavy atom. The number of ether oxygens (including phenoxy) is 1. The summed E-state index contributed by atoms with van der Waals surface area (Å²) in [6.45, 7) is -0.327. The Bertz CT molecular complexity index is 667. The predicted molar refractivity (Wildman–Crippen MR) is 76.8 cm³/mol. The molecule has 0 unspecified atom stereocenters. The zero-order valence-electron chi connectivity index (χ0n) is 11.3. The van der Waals surface area contributed by atoms with Crippen LogP contribution in [0.1, 0.15) is 5.56 Å². The van der Waals surface area contributed by atoms with Gasteiger partial charge in [0.2, 0.25) is 0 Å². The highest BCUT2D eigenvalue weighted by Gasteiger charge is 2.23. The summed E-state index contributed by atoms with van der Waals surface area (Å²) in [7, 11) is -3.85. The van der Waals surface area contributed by atoms with Crippen molar-refractivity contribution >= 4 is 25.2 Å². The molecule has 0 amide bonds. The van der Waals surface area contributed by atoms with Gasteiger partial charge < -0.3 is 24.8 Å². The lowest BCUT2D eigenvalue weighted by Crippen LogP contribution is -2.34. The van der Waals surface area contributed by atoms with Crippen LogP contribution in [0.15, 0.2) is 36.4 Å². The summed E-state index contributed by atoms with van der Waals surface area (Å²) in [4.78, 5) is 0. The molecule has 0 aromatic heterocycles. The number of hydrogen-bond donors (Lipinski definition) is 4. The van der Waals surface area contributed by atoms with Crippen molar-refractivity contribution in [1.82, 2.24) is 0 Å². The molecule has 5 nitrogen and oxygen atoms in total. The molecule has 0 aliphatic rings. The van der Waals surface area contributed by atoms with Crippen LogP contribution in [0.3, 0.4) is 0 Å². The van der Waals surface area contributed by atoms with Crippen molar-refractivity contribution in [1.29, 1.82) is 0 Å². The molecule has 22 heavy (non-hydrogen) atoms. The molecule has 0 radical (unpaired) electrons. The second-order valence-corrected chi connectivity index (χ2v) is 4.51. The fourth-order valence-corrected chi connectivity index (χ4v) is 1.95. The molecule has 9 heteroatoms. The van der Waals surface area contributed by atoms with Crippen LogP contribution < -0.4 is 15.7 Å². The molecule has 2 aromatic rings. The van der Waals surface area contributed by atoms with E-state index in [1.54, 1.807) is 12.1 Å². The fraction of sp³-hybridized carbons (Fsp3) is 0.0769. The van der Waals surface area contributed by atoms with E-state index < -0.39 is 37.1 Å². The van der Waals surface area contributed by atoms with Crippen LogP contribution in [0.5, 0.6) is 5.75 Å². The largest absolute Gasteiger partial charge is 0.491 e. The van der Waals surface area contributed by atoms with Crippen LogP contribution in [-0.2, 0) is 6.61 Å². The van der Waals surface area contributed by atoms with Gasteiger partial charge in [0, 0.05) is 5.46 Å². The molecule has 0 fully saturated rings. The molecule has 0 aliphatic carbocycles. The smallest absolute Gasteiger partial charge is 0.483 e. The lowest BCUT2D eigenvalue weighted by Gasteiger charge is -2.13. The van der Waals surface area contributed by atoms with E-state index in [0.29, 0.717) is 5.56 Å². The Labute approximate surface area is 125 Å². The molecule has 0 atom stereocenters. The monoisotopic (exact) mass is 308 g/mol. The van der Waals surface area contributed by atoms with Gasteiger partial charge in [0.15, 0.2) is 17.4 Å². The predicted octanol–water partition coefficient (Wildman–Crippen LogP) is -1.10. The number of halogens is 2. The summed E-state index contributed by atoms with van der Waals surface area (Å²) >= 11 is 0. The van der Waals surface area contributed by atoms with Gasteiger partial charge in [0.05, 0.1) is 0 Å². The Morgan fingerprint density at radius 1 is 0.864 bits per heavy atom. The van der Waals surface area contributed by atoms with E-state index in [9.17, 15) is 18.8 Å². The Hall–Kier alpha value is -1.93. The van der Waals surface area contributed by atoms with E-state index in [1.165, 1.54) is 12.1 Å². The quantitative estimate of drug-likeness (QED) is 0.527. The van der Waals surface area contributed by atoms with E-state index in [1.807, 2.05) is 0 Å². The second-order valence-electron chi connectivity index (χ2n) is 4.51. The number of hydrogen-bond acceptors (Lipinski definition) is 5. The van der Waals surface area contributed by atoms with E-state index in [0.717, 1.165) is 12.1 Å². The van der Waals surface area contributed by atoms with Crippen molar-refractivity contribution in [3.05, 3.63) is 53.6 Å². The molecule has 0 aliphatic heterocycles. The minimum Gasteiger partial charge on any atom is -0.483 e. The third kappa shape index (κ3) is 3.45. The second kappa shape index (κ2) is 6.89. The lowest BCUT2D eigenvalue weighted by atomic mass is 9.77. The van der Waals surface area contributed by atoms with Gasteiger partial charge in [0.1, 0.15) is 6.61 Å². The number of rotatable bonds is 5. The van der Waals surface area contributed by atoms with Crippen molar-refractivity contribution in [3.63, 3.8) is 0 Å². The Kier molecular flexibility index (Phi) is 5.15. The molecule has 114 valence electrons. The van der Waals surface area contributed by atoms with Crippen molar-refractivity contribution in [2.45, 2.75) is 6.61 Å². The van der Waals surface area contributed by atoms with Crippen LogP contribution in [0, 0.1) is 11.6 Å². The van der Waals surface area contributed by atoms with Gasteiger partial charge in [-0.05, 0) is 17.1 Å². The summed E-state index contributed by atoms with van der Waals surface area (Å²) in [6.07, 6.45) is 0. The molecular weight excluding hydrogens is 296 g/mol. The minimum atomic E-state index is -2.10. The molecule has 0 spiro atoms. The summed E-state index contributed by atoms with van der Waals surface area (Å²) < 4.78 is 32.6. The average molecular weight is 308 g/mol. The number of benzene rings is 2. The maximum absolute atomic E-state index is 14.0. The van der Waals surface area contributed by atoms with Gasteiger partial charge in [-0.25, -0.2) is 8.78 Å². The van der Waals surface area contributed by atoms with Gasteiger partial charge in [0.25, 0.3) is 0 Å². The molecule has 4 N–H and O–H groups in total. The highest BCUT2D eigenvalue weighted by atomic mass is 19.1. The van der Waals surface area contributed by atoms with Crippen molar-refractivity contribution in [2.24, 2.45) is 0 Å². The summed E-state index contributed by atoms with van der Waals surface area (Å²) in [6, 6.07) is 7.86. The summed E-state index contributed by atoms with van der Waals surface area (Å²) in [5, 5.41) is 36.4. The zero-order valence-corrected chi connectivity index (χ0v) is 11.3. The first-order chi connectivity index (χ1) is 10.4. The van der Waals surface area contributed by atoms with E-state index >= 15 is 0 Å². The van der Waals surface area contributed by atoms with Gasteiger partial charge in [-0.1, -0.05) is 30.3 Å². The van der Waals surface area contributed by atoms with E-state index in [-0.39, 0.29) is 12.1 Å². The van der Waals surface area contributed by atoms with Crippen molar-refractivity contribution in [3.8, 4) is 5.75 Å². The lowest BCUT2D eigenvalue weighted by molar-refractivity contribution is 0.274. The zero-order chi connectivity index (χ0) is 16.3. The van der Waals surface area contributed by atoms with Crippen LogP contribution in [-0.4, -0.2) is 34.3 Å². The summed E-state index contributed by atoms with van der Waals surface area (Å²) in [5.41, 5.74) is -0.0557. The van der Waals surface area contributed by atoms with Gasteiger partial charge in [-0.3, -0.25) is 0 Å². The third-order valence-electron chi connectivity index (χ3n) is 3.06. The average Bonchev–Trinajstić information content (AvgIpc) is 2.46. The van der Waals surface area contributed by atoms with Crippen LogP contribution >= 0.6 is 0 Å². The first-order valence-corrected chi connectivity index (χ1v) is 6.32. The van der Waals surface area contributed by atoms with E-state index in [2.05, 4.69) is 0 Å². The summed E-state index contributed by atoms with van der Waals surface area (Å²) in [5.74, 6) is -3.01. The topological polar surface area (TPSA) is 90.2 Å². The first-order valence-electron chi connectivity index (χ1n) is 6.32. The molecular formula is C13H12B2F2O5. The third-order valence-corrected chi connectivity index (χ3v) is 3.06. The molecule has 2 rings (SSSR count). The molecule has 2 aromatic carbocycles. The van der Waals surface area contributed by atoms with E-state index in [4.69, 9.17) is 14.8 Å². The Balaban J connectivity index is 2.28.